The number of nitrogens with zero attached hydrogens (tertiary/aromatic N) is 2. The molecule has 0 heterocycles. The van der Waals surface area contributed by atoms with Gasteiger partial charge in [-0.3, -0.25) is 10.1 Å². The third kappa shape index (κ3) is 4.76. The van der Waals surface area contributed by atoms with Crippen molar-refractivity contribution < 1.29 is 9.66 Å². The number of hydrogen-bond acceptors (Lipinski definition) is 4. The highest BCUT2D eigenvalue weighted by molar-refractivity contribution is 6.32. The van der Waals surface area contributed by atoms with Crippen molar-refractivity contribution in [1.29, 1.82) is 5.26 Å². The number of benzene rings is 3. The highest BCUT2D eigenvalue weighted by Gasteiger charge is 2.06. The minimum Gasteiger partial charge on any atom is -0.489 e. The molecule has 3 aromatic carbocycles. The summed E-state index contributed by atoms with van der Waals surface area (Å²) in [5.41, 5.74) is 2.89. The van der Waals surface area contributed by atoms with Gasteiger partial charge in [0.05, 0.1) is 16.6 Å². The molecule has 0 amide bonds. The van der Waals surface area contributed by atoms with Crippen molar-refractivity contribution in [2.75, 3.05) is 0 Å². The zero-order valence-electron chi connectivity index (χ0n) is 14.7. The summed E-state index contributed by atoms with van der Waals surface area (Å²) < 4.78 is 5.71. The van der Waals surface area contributed by atoms with E-state index in [1.807, 2.05) is 24.3 Å². The van der Waals surface area contributed by atoms with Crippen LogP contribution in [0.25, 0.3) is 11.6 Å². The van der Waals surface area contributed by atoms with Crippen LogP contribution in [0, 0.1) is 21.4 Å². The van der Waals surface area contributed by atoms with Crippen LogP contribution < -0.4 is 4.74 Å². The summed E-state index contributed by atoms with van der Waals surface area (Å²) in [7, 11) is 0. The van der Waals surface area contributed by atoms with Gasteiger partial charge in [0.1, 0.15) is 12.4 Å². The lowest BCUT2D eigenvalue weighted by atomic mass is 10.0. The fourth-order valence-corrected chi connectivity index (χ4v) is 2.79. The molecule has 0 aliphatic carbocycles. The van der Waals surface area contributed by atoms with Crippen molar-refractivity contribution in [3.63, 3.8) is 0 Å². The topological polar surface area (TPSA) is 76.2 Å². The van der Waals surface area contributed by atoms with E-state index in [4.69, 9.17) is 16.3 Å². The molecule has 0 aliphatic heterocycles. The SMILES string of the molecule is N#CC(=Cc1ccc(OCc2ccc([N+](=O)[O-])cc2)cc1)c1ccccc1Cl. The first-order valence-electron chi connectivity index (χ1n) is 8.40. The van der Waals surface area contributed by atoms with E-state index in [-0.39, 0.29) is 5.69 Å². The molecule has 0 aliphatic rings. The van der Waals surface area contributed by atoms with Crippen LogP contribution >= 0.6 is 11.6 Å². The molecule has 0 saturated carbocycles. The molecule has 3 rings (SSSR count). The second kappa shape index (κ2) is 8.85. The zero-order chi connectivity index (χ0) is 19.9. The van der Waals surface area contributed by atoms with Crippen LogP contribution in [0.5, 0.6) is 5.75 Å². The van der Waals surface area contributed by atoms with E-state index in [0.29, 0.717) is 28.5 Å². The van der Waals surface area contributed by atoms with Gasteiger partial charge in [-0.25, -0.2) is 0 Å². The number of nitro benzene ring substituents is 1. The van der Waals surface area contributed by atoms with Crippen molar-refractivity contribution in [2.24, 2.45) is 0 Å². The molecule has 0 unspecified atom stereocenters. The number of hydrogen-bond donors (Lipinski definition) is 0. The van der Waals surface area contributed by atoms with Gasteiger partial charge < -0.3 is 4.74 Å². The lowest BCUT2D eigenvalue weighted by molar-refractivity contribution is -0.384. The maximum Gasteiger partial charge on any atom is 0.269 e. The van der Waals surface area contributed by atoms with Gasteiger partial charge in [-0.05, 0) is 47.5 Å². The molecular weight excluding hydrogens is 376 g/mol. The van der Waals surface area contributed by atoms with Gasteiger partial charge >= 0.3 is 0 Å². The Hall–Kier alpha value is -3.62. The average Bonchev–Trinajstić information content (AvgIpc) is 2.72. The molecule has 0 N–H and O–H groups in total. The van der Waals surface area contributed by atoms with Crippen molar-refractivity contribution in [2.45, 2.75) is 6.61 Å². The highest BCUT2D eigenvalue weighted by atomic mass is 35.5. The third-order valence-corrected chi connectivity index (χ3v) is 4.36. The first-order chi connectivity index (χ1) is 13.6. The molecule has 0 aromatic heterocycles. The Kier molecular flexibility index (Phi) is 6.05. The largest absolute Gasteiger partial charge is 0.489 e. The number of halogens is 1. The molecule has 6 heteroatoms. The summed E-state index contributed by atoms with van der Waals surface area (Å²) in [6, 6.07) is 22.9. The number of nitro groups is 1. The Morgan fingerprint density at radius 2 is 1.75 bits per heavy atom. The van der Waals surface area contributed by atoms with E-state index in [2.05, 4.69) is 6.07 Å². The fraction of sp³-hybridized carbons (Fsp3) is 0.0455. The summed E-state index contributed by atoms with van der Waals surface area (Å²) in [4.78, 5) is 10.2. The third-order valence-electron chi connectivity index (χ3n) is 4.03. The van der Waals surface area contributed by atoms with E-state index in [9.17, 15) is 15.4 Å². The Bertz CT molecular complexity index is 1050. The van der Waals surface area contributed by atoms with Gasteiger partial charge in [-0.15, -0.1) is 0 Å². The zero-order valence-corrected chi connectivity index (χ0v) is 15.5. The van der Waals surface area contributed by atoms with Crippen molar-refractivity contribution in [3.8, 4) is 11.8 Å². The van der Waals surface area contributed by atoms with Crippen LogP contribution in [0.4, 0.5) is 5.69 Å². The summed E-state index contributed by atoms with van der Waals surface area (Å²) in [6.45, 7) is 0.302. The van der Waals surface area contributed by atoms with Gasteiger partial charge in [0.25, 0.3) is 5.69 Å². The molecule has 0 spiro atoms. The standard InChI is InChI=1S/C22H15ClN2O3/c23-22-4-2-1-3-21(22)18(14-24)13-16-7-11-20(12-8-16)28-15-17-5-9-19(10-6-17)25(26)27/h1-13H,15H2. The molecule has 0 fully saturated rings. The van der Waals surface area contributed by atoms with Gasteiger partial charge in [-0.1, -0.05) is 41.9 Å². The molecule has 28 heavy (non-hydrogen) atoms. The van der Waals surface area contributed by atoms with Crippen molar-refractivity contribution in [1.82, 2.24) is 0 Å². The second-order valence-corrected chi connectivity index (χ2v) is 6.34. The second-order valence-electron chi connectivity index (χ2n) is 5.93. The molecule has 0 saturated heterocycles. The van der Waals surface area contributed by atoms with Gasteiger partial charge in [0.2, 0.25) is 0 Å². The molecule has 5 nitrogen and oxygen atoms in total. The van der Waals surface area contributed by atoms with E-state index in [0.717, 1.165) is 11.1 Å². The van der Waals surface area contributed by atoms with E-state index < -0.39 is 4.92 Å². The maximum atomic E-state index is 10.7. The number of allylic oxidation sites excluding steroid dienone is 1. The quantitative estimate of drug-likeness (QED) is 0.227. The first-order valence-corrected chi connectivity index (χ1v) is 8.77. The van der Waals surface area contributed by atoms with Crippen LogP contribution in [0.15, 0.2) is 72.8 Å². The van der Waals surface area contributed by atoms with E-state index >= 15 is 0 Å². The normalized spacial score (nSPS) is 10.9. The number of rotatable bonds is 6. The van der Waals surface area contributed by atoms with Gasteiger partial charge in [-0.2, -0.15) is 5.26 Å². The molecule has 3 aromatic rings. The van der Waals surface area contributed by atoms with Crippen LogP contribution in [0.3, 0.4) is 0 Å². The molecule has 0 radical (unpaired) electrons. The number of non-ortho nitro benzene ring substituents is 1. The van der Waals surface area contributed by atoms with Crippen LogP contribution in [0.1, 0.15) is 16.7 Å². The molecule has 138 valence electrons. The van der Waals surface area contributed by atoms with Gasteiger partial charge in [0, 0.05) is 22.7 Å². The smallest absolute Gasteiger partial charge is 0.269 e. The predicted octanol–water partition coefficient (Wildman–Crippen LogP) is 5.89. The van der Waals surface area contributed by atoms with Crippen molar-refractivity contribution in [3.05, 3.63) is 105 Å². The van der Waals surface area contributed by atoms with Crippen LogP contribution in [-0.4, -0.2) is 4.92 Å². The molecular formula is C22H15ClN2O3. The Balaban J connectivity index is 1.68. The number of nitriles is 1. The summed E-state index contributed by atoms with van der Waals surface area (Å²) >= 11 is 6.17. The van der Waals surface area contributed by atoms with Crippen LogP contribution in [0.2, 0.25) is 5.02 Å². The lowest BCUT2D eigenvalue weighted by Crippen LogP contribution is -1.96. The molecule has 0 atom stereocenters. The van der Waals surface area contributed by atoms with Crippen molar-refractivity contribution >= 4 is 28.9 Å². The van der Waals surface area contributed by atoms with Gasteiger partial charge in [0.15, 0.2) is 0 Å². The Labute approximate surface area is 167 Å². The average molecular weight is 391 g/mol. The maximum absolute atomic E-state index is 10.7. The minimum atomic E-state index is -0.436. The summed E-state index contributed by atoms with van der Waals surface area (Å²) in [5, 5.41) is 20.6. The Morgan fingerprint density at radius 3 is 2.36 bits per heavy atom. The summed E-state index contributed by atoms with van der Waals surface area (Å²) in [6.07, 6.45) is 1.77. The predicted molar refractivity (Wildman–Crippen MR) is 109 cm³/mol. The lowest BCUT2D eigenvalue weighted by Gasteiger charge is -2.07. The molecule has 0 bridgehead atoms. The van der Waals surface area contributed by atoms with E-state index in [1.165, 1.54) is 12.1 Å². The minimum absolute atomic E-state index is 0.0479. The monoisotopic (exact) mass is 390 g/mol. The summed E-state index contributed by atoms with van der Waals surface area (Å²) in [5.74, 6) is 0.659. The Morgan fingerprint density at radius 1 is 1.07 bits per heavy atom. The van der Waals surface area contributed by atoms with Crippen LogP contribution in [-0.2, 0) is 6.61 Å². The van der Waals surface area contributed by atoms with E-state index in [1.54, 1.807) is 42.5 Å². The fourth-order valence-electron chi connectivity index (χ4n) is 2.56. The number of ether oxygens (including phenoxy) is 1. The first kappa shape index (κ1) is 19.2. The highest BCUT2D eigenvalue weighted by Crippen LogP contribution is 2.26.